The molecule has 0 aliphatic heterocycles. The predicted octanol–water partition coefficient (Wildman–Crippen LogP) is 4.50. The van der Waals surface area contributed by atoms with Gasteiger partial charge in [0.25, 0.3) is 0 Å². The number of nitrogens with zero attached hydrogens (tertiary/aromatic N) is 2. The number of nitrogens with two attached hydrogens (primary N) is 1. The highest BCUT2D eigenvalue weighted by Gasteiger charge is 2.12. The SMILES string of the molecule is CC(C)c1cc(Br)ccc1Oc1nc(N)ncc1Br. The van der Waals surface area contributed by atoms with Gasteiger partial charge in [-0.2, -0.15) is 4.98 Å². The van der Waals surface area contributed by atoms with Gasteiger partial charge in [-0.1, -0.05) is 29.8 Å². The van der Waals surface area contributed by atoms with Crippen molar-refractivity contribution in [2.75, 3.05) is 5.73 Å². The number of hydrogen-bond acceptors (Lipinski definition) is 4. The summed E-state index contributed by atoms with van der Waals surface area (Å²) >= 11 is 6.81. The van der Waals surface area contributed by atoms with E-state index in [1.807, 2.05) is 18.2 Å². The minimum absolute atomic E-state index is 0.182. The third-order valence-electron chi connectivity index (χ3n) is 2.53. The molecule has 6 heteroatoms. The Balaban J connectivity index is 2.40. The second-order valence-corrected chi connectivity index (χ2v) is 6.09. The summed E-state index contributed by atoms with van der Waals surface area (Å²) in [5.74, 6) is 1.69. The summed E-state index contributed by atoms with van der Waals surface area (Å²) in [5.41, 5.74) is 6.67. The first kappa shape index (κ1) is 14.3. The Labute approximate surface area is 128 Å². The van der Waals surface area contributed by atoms with Crippen molar-refractivity contribution in [2.45, 2.75) is 19.8 Å². The quantitative estimate of drug-likeness (QED) is 0.843. The summed E-state index contributed by atoms with van der Waals surface area (Å²) in [5, 5.41) is 0. The molecule has 100 valence electrons. The Hall–Kier alpha value is -1.14. The van der Waals surface area contributed by atoms with Crippen molar-refractivity contribution in [1.29, 1.82) is 0 Å². The van der Waals surface area contributed by atoms with Crippen molar-refractivity contribution in [3.05, 3.63) is 38.9 Å². The second kappa shape index (κ2) is 5.88. The second-order valence-electron chi connectivity index (χ2n) is 4.32. The molecule has 0 unspecified atom stereocenters. The van der Waals surface area contributed by atoms with Gasteiger partial charge < -0.3 is 10.5 Å². The number of nitrogen functional groups attached to an aromatic ring is 1. The number of benzene rings is 1. The van der Waals surface area contributed by atoms with Crippen LogP contribution in [0.2, 0.25) is 0 Å². The Kier molecular flexibility index (Phi) is 4.42. The Morgan fingerprint density at radius 1 is 1.26 bits per heavy atom. The van der Waals surface area contributed by atoms with Crippen LogP contribution in [0.1, 0.15) is 25.3 Å². The summed E-state index contributed by atoms with van der Waals surface area (Å²) in [6, 6.07) is 5.88. The van der Waals surface area contributed by atoms with Crippen molar-refractivity contribution < 1.29 is 4.74 Å². The van der Waals surface area contributed by atoms with E-state index < -0.39 is 0 Å². The highest BCUT2D eigenvalue weighted by molar-refractivity contribution is 9.10. The lowest BCUT2D eigenvalue weighted by atomic mass is 10.0. The topological polar surface area (TPSA) is 61.0 Å². The zero-order valence-corrected chi connectivity index (χ0v) is 13.7. The first-order valence-electron chi connectivity index (χ1n) is 5.72. The Morgan fingerprint density at radius 3 is 2.68 bits per heavy atom. The van der Waals surface area contributed by atoms with Crippen LogP contribution in [-0.2, 0) is 0 Å². The van der Waals surface area contributed by atoms with E-state index in [0.29, 0.717) is 16.3 Å². The number of hydrogen-bond donors (Lipinski definition) is 1. The van der Waals surface area contributed by atoms with Crippen LogP contribution in [-0.4, -0.2) is 9.97 Å². The van der Waals surface area contributed by atoms with Crippen LogP contribution in [0.25, 0.3) is 0 Å². The summed E-state index contributed by atoms with van der Waals surface area (Å²) in [7, 11) is 0. The molecule has 0 atom stereocenters. The molecule has 0 saturated carbocycles. The zero-order chi connectivity index (χ0) is 14.0. The van der Waals surface area contributed by atoms with Gasteiger partial charge >= 0.3 is 0 Å². The maximum atomic E-state index is 5.84. The molecule has 2 N–H and O–H groups in total. The third-order valence-corrected chi connectivity index (χ3v) is 3.57. The lowest BCUT2D eigenvalue weighted by Gasteiger charge is -2.14. The summed E-state index contributed by atoms with van der Waals surface area (Å²) in [6.45, 7) is 4.22. The molecule has 19 heavy (non-hydrogen) atoms. The minimum atomic E-state index is 0.182. The molecule has 0 saturated heterocycles. The molecule has 1 aromatic carbocycles. The summed E-state index contributed by atoms with van der Waals surface area (Å²) in [4.78, 5) is 7.96. The highest BCUT2D eigenvalue weighted by Crippen LogP contribution is 2.34. The van der Waals surface area contributed by atoms with E-state index in [1.165, 1.54) is 0 Å². The molecule has 0 spiro atoms. The maximum Gasteiger partial charge on any atom is 0.238 e. The largest absolute Gasteiger partial charge is 0.437 e. The van der Waals surface area contributed by atoms with E-state index in [4.69, 9.17) is 10.5 Å². The number of ether oxygens (including phenoxy) is 1. The van der Waals surface area contributed by atoms with Gasteiger partial charge in [0, 0.05) is 4.47 Å². The van der Waals surface area contributed by atoms with Gasteiger partial charge in [0.2, 0.25) is 11.8 Å². The molecule has 0 radical (unpaired) electrons. The average molecular weight is 387 g/mol. The molecule has 1 aromatic heterocycles. The molecular weight excluding hydrogens is 374 g/mol. The van der Waals surface area contributed by atoms with E-state index in [-0.39, 0.29) is 5.95 Å². The number of anilines is 1. The van der Waals surface area contributed by atoms with Gasteiger partial charge in [-0.25, -0.2) is 4.98 Å². The number of rotatable bonds is 3. The number of halogens is 2. The van der Waals surface area contributed by atoms with E-state index in [9.17, 15) is 0 Å². The third kappa shape index (κ3) is 3.45. The zero-order valence-electron chi connectivity index (χ0n) is 10.5. The van der Waals surface area contributed by atoms with Crippen LogP contribution in [0.3, 0.4) is 0 Å². The predicted molar refractivity (Wildman–Crippen MR) is 82.4 cm³/mol. The van der Waals surface area contributed by atoms with Gasteiger partial charge in [-0.05, 0) is 45.6 Å². The van der Waals surface area contributed by atoms with Crippen molar-refractivity contribution in [3.63, 3.8) is 0 Å². The molecule has 0 aliphatic rings. The number of aromatic nitrogens is 2. The minimum Gasteiger partial charge on any atom is -0.437 e. The highest BCUT2D eigenvalue weighted by atomic mass is 79.9. The van der Waals surface area contributed by atoms with Gasteiger partial charge in [-0.15, -0.1) is 0 Å². The molecule has 0 aliphatic carbocycles. The fourth-order valence-corrected chi connectivity index (χ4v) is 2.25. The van der Waals surface area contributed by atoms with Crippen LogP contribution >= 0.6 is 31.9 Å². The van der Waals surface area contributed by atoms with Crippen LogP contribution in [0.4, 0.5) is 5.95 Å². The first-order chi connectivity index (χ1) is 8.97. The Bertz CT molecular complexity index is 602. The van der Waals surface area contributed by atoms with Crippen LogP contribution in [0.5, 0.6) is 11.6 Å². The van der Waals surface area contributed by atoms with Crippen molar-refractivity contribution >= 4 is 37.8 Å². The van der Waals surface area contributed by atoms with Gasteiger partial charge in [-0.3, -0.25) is 0 Å². The lowest BCUT2D eigenvalue weighted by Crippen LogP contribution is -1.99. The van der Waals surface area contributed by atoms with Crippen LogP contribution < -0.4 is 10.5 Å². The van der Waals surface area contributed by atoms with Crippen LogP contribution in [0.15, 0.2) is 33.3 Å². The van der Waals surface area contributed by atoms with Crippen molar-refractivity contribution in [1.82, 2.24) is 9.97 Å². The molecule has 1 heterocycles. The molecule has 0 amide bonds. The summed E-state index contributed by atoms with van der Waals surface area (Å²) in [6.07, 6.45) is 1.57. The lowest BCUT2D eigenvalue weighted by molar-refractivity contribution is 0.450. The van der Waals surface area contributed by atoms with Crippen LogP contribution in [0, 0.1) is 0 Å². The molecule has 4 nitrogen and oxygen atoms in total. The molecular formula is C13H13Br2N3O. The normalized spacial score (nSPS) is 10.8. The molecule has 0 fully saturated rings. The Morgan fingerprint density at radius 2 is 2.00 bits per heavy atom. The fraction of sp³-hybridized carbons (Fsp3) is 0.231. The smallest absolute Gasteiger partial charge is 0.238 e. The monoisotopic (exact) mass is 385 g/mol. The average Bonchev–Trinajstić information content (AvgIpc) is 2.35. The van der Waals surface area contributed by atoms with Crippen molar-refractivity contribution in [3.8, 4) is 11.6 Å². The first-order valence-corrected chi connectivity index (χ1v) is 7.31. The van der Waals surface area contributed by atoms with Gasteiger partial charge in [0.1, 0.15) is 5.75 Å². The fourth-order valence-electron chi connectivity index (χ4n) is 1.60. The maximum absolute atomic E-state index is 5.84. The standard InChI is InChI=1S/C13H13Br2N3O/c1-7(2)9-5-8(14)3-4-11(9)19-12-10(15)6-17-13(16)18-12/h3-7H,1-2H3,(H2,16,17,18). The van der Waals surface area contributed by atoms with Gasteiger partial charge in [0.15, 0.2) is 0 Å². The summed E-state index contributed by atoms with van der Waals surface area (Å²) < 4.78 is 7.52. The van der Waals surface area contributed by atoms with E-state index in [1.54, 1.807) is 6.20 Å². The molecule has 2 rings (SSSR count). The van der Waals surface area contributed by atoms with E-state index >= 15 is 0 Å². The molecule has 2 aromatic rings. The van der Waals surface area contributed by atoms with E-state index in [0.717, 1.165) is 15.8 Å². The van der Waals surface area contributed by atoms with Gasteiger partial charge in [0.05, 0.1) is 10.7 Å². The van der Waals surface area contributed by atoms with E-state index in [2.05, 4.69) is 55.7 Å². The molecule has 0 bridgehead atoms. The van der Waals surface area contributed by atoms with Crippen molar-refractivity contribution in [2.24, 2.45) is 0 Å².